The summed E-state index contributed by atoms with van der Waals surface area (Å²) in [4.78, 5) is 0. The third kappa shape index (κ3) is 3.66. The van der Waals surface area contributed by atoms with Gasteiger partial charge < -0.3 is 10.2 Å². The van der Waals surface area contributed by atoms with Crippen LogP contribution in [0.2, 0.25) is 0 Å². The number of hydrogen-bond donors (Lipinski definition) is 2. The Bertz CT molecular complexity index is 571. The zero-order chi connectivity index (χ0) is 18.2. The van der Waals surface area contributed by atoms with E-state index in [1.165, 1.54) is 43.3 Å². The van der Waals surface area contributed by atoms with Gasteiger partial charge >= 0.3 is 0 Å². The number of allylic oxidation sites excluding steroid dienone is 4. The first-order valence-corrected chi connectivity index (χ1v) is 10.3. The molecule has 3 aliphatic rings. The Labute approximate surface area is 153 Å². The van der Waals surface area contributed by atoms with Crippen LogP contribution >= 0.6 is 0 Å². The highest BCUT2D eigenvalue weighted by atomic mass is 16.3. The predicted octanol–water partition coefficient (Wildman–Crippen LogP) is 5.17. The minimum atomic E-state index is -0.218. The van der Waals surface area contributed by atoms with Crippen LogP contribution in [0.3, 0.4) is 0 Å². The van der Waals surface area contributed by atoms with Crippen molar-refractivity contribution in [2.75, 3.05) is 0 Å². The van der Waals surface area contributed by atoms with Crippen molar-refractivity contribution in [1.29, 1.82) is 0 Å². The molecule has 0 amide bonds. The van der Waals surface area contributed by atoms with Crippen LogP contribution in [0.4, 0.5) is 0 Å². The normalized spacial score (nSPS) is 41.8. The predicted molar refractivity (Wildman–Crippen MR) is 104 cm³/mol. The van der Waals surface area contributed by atoms with E-state index in [0.717, 1.165) is 19.3 Å². The molecule has 2 N–H and O–H groups in total. The number of aliphatic hydroxyl groups is 2. The molecule has 0 radical (unpaired) electrons. The Balaban J connectivity index is 1.81. The lowest BCUT2D eigenvalue weighted by molar-refractivity contribution is 0.0298. The number of rotatable bonds is 3. The van der Waals surface area contributed by atoms with Gasteiger partial charge in [-0.1, -0.05) is 43.7 Å². The van der Waals surface area contributed by atoms with E-state index in [-0.39, 0.29) is 12.2 Å². The minimum absolute atomic E-state index is 0.200. The van der Waals surface area contributed by atoms with Gasteiger partial charge in [-0.2, -0.15) is 0 Å². The molecule has 0 aromatic rings. The molecule has 0 saturated heterocycles. The Morgan fingerprint density at radius 2 is 1.92 bits per heavy atom. The molecule has 0 heterocycles. The van der Waals surface area contributed by atoms with Crippen molar-refractivity contribution >= 4 is 0 Å². The Hall–Kier alpha value is -0.860. The van der Waals surface area contributed by atoms with E-state index in [2.05, 4.69) is 32.6 Å². The second-order valence-corrected chi connectivity index (χ2v) is 9.13. The van der Waals surface area contributed by atoms with Crippen LogP contribution in [0.25, 0.3) is 0 Å². The van der Waals surface area contributed by atoms with E-state index in [9.17, 15) is 10.2 Å². The maximum atomic E-state index is 10.1. The van der Waals surface area contributed by atoms with Gasteiger partial charge in [0.1, 0.15) is 0 Å². The van der Waals surface area contributed by atoms with E-state index in [0.29, 0.717) is 23.2 Å². The maximum Gasteiger partial charge on any atom is 0.0583 e. The highest BCUT2D eigenvalue weighted by Gasteiger charge is 2.51. The lowest BCUT2D eigenvalue weighted by atomic mass is 9.60. The summed E-state index contributed by atoms with van der Waals surface area (Å²) >= 11 is 0. The molecular weight excluding hydrogens is 308 g/mol. The number of fused-ring (bicyclic) bond motifs is 1. The van der Waals surface area contributed by atoms with E-state index in [1.54, 1.807) is 5.57 Å². The SMILES string of the molecule is C=C1CC[C@H](O)C/C1=C/C=C1\CCC[C@]2(C)[C@@H]([C@H](C)[C@@H](C)O)CC[C@@H]12. The molecule has 3 aliphatic carbocycles. The molecule has 2 heteroatoms. The van der Waals surface area contributed by atoms with Crippen molar-refractivity contribution in [2.45, 2.75) is 84.3 Å². The zero-order valence-electron chi connectivity index (χ0n) is 16.3. The van der Waals surface area contributed by atoms with Crippen molar-refractivity contribution in [2.24, 2.45) is 23.2 Å². The fraction of sp³-hybridized carbons (Fsp3) is 0.739. The average molecular weight is 345 g/mol. The summed E-state index contributed by atoms with van der Waals surface area (Å²) in [6.07, 6.45) is 13.0. The van der Waals surface area contributed by atoms with E-state index in [1.807, 2.05) is 6.92 Å². The van der Waals surface area contributed by atoms with Crippen LogP contribution in [0.15, 0.2) is 35.5 Å². The first-order valence-electron chi connectivity index (χ1n) is 10.3. The third-order valence-corrected chi connectivity index (χ3v) is 7.62. The highest BCUT2D eigenvalue weighted by Crippen LogP contribution is 2.59. The van der Waals surface area contributed by atoms with Gasteiger partial charge in [0.25, 0.3) is 0 Å². The molecule has 2 nitrogen and oxygen atoms in total. The molecule has 3 rings (SSSR count). The monoisotopic (exact) mass is 344 g/mol. The van der Waals surface area contributed by atoms with Crippen molar-refractivity contribution in [1.82, 2.24) is 0 Å². The summed E-state index contributed by atoms with van der Waals surface area (Å²) in [5.74, 6) is 1.66. The minimum Gasteiger partial charge on any atom is -0.393 e. The quantitative estimate of drug-likeness (QED) is 0.741. The first-order chi connectivity index (χ1) is 11.8. The second-order valence-electron chi connectivity index (χ2n) is 9.13. The highest BCUT2D eigenvalue weighted by molar-refractivity contribution is 5.36. The van der Waals surface area contributed by atoms with Crippen LogP contribution < -0.4 is 0 Å². The fourth-order valence-corrected chi connectivity index (χ4v) is 5.87. The van der Waals surface area contributed by atoms with Crippen LogP contribution in [0.5, 0.6) is 0 Å². The first kappa shape index (κ1) is 18.9. The maximum absolute atomic E-state index is 10.1. The molecule has 3 saturated carbocycles. The number of hydrogen-bond acceptors (Lipinski definition) is 2. The van der Waals surface area contributed by atoms with Crippen molar-refractivity contribution in [3.63, 3.8) is 0 Å². The summed E-state index contributed by atoms with van der Waals surface area (Å²) in [6, 6.07) is 0. The van der Waals surface area contributed by atoms with Gasteiger partial charge in [0.15, 0.2) is 0 Å². The van der Waals surface area contributed by atoms with Gasteiger partial charge in [0.2, 0.25) is 0 Å². The average Bonchev–Trinajstić information content (AvgIpc) is 2.92. The summed E-state index contributed by atoms with van der Waals surface area (Å²) in [7, 11) is 0. The van der Waals surface area contributed by atoms with Crippen LogP contribution in [-0.2, 0) is 0 Å². The summed E-state index contributed by atoms with van der Waals surface area (Å²) in [5, 5.41) is 20.1. The molecular formula is C23H36O2. The largest absolute Gasteiger partial charge is 0.393 e. The molecule has 140 valence electrons. The topological polar surface area (TPSA) is 40.5 Å². The van der Waals surface area contributed by atoms with E-state index < -0.39 is 0 Å². The lowest BCUT2D eigenvalue weighted by Crippen LogP contribution is -2.38. The standard InChI is InChI=1S/C23H36O2/c1-15-7-10-20(25)14-19(15)9-8-18-6-5-13-23(4)21(11-12-22(18)23)16(2)17(3)24/h8-9,16-17,20-22,24-25H,1,5-7,10-14H2,2-4H3/b18-8+,19-9-/t16-,17-,20+,21-,22+,23-/m1/s1. The molecule has 0 unspecified atom stereocenters. The van der Waals surface area contributed by atoms with Gasteiger partial charge in [-0.25, -0.2) is 0 Å². The van der Waals surface area contributed by atoms with Crippen LogP contribution in [-0.4, -0.2) is 22.4 Å². The Kier molecular flexibility index (Phi) is 5.60. The van der Waals surface area contributed by atoms with Crippen molar-refractivity contribution < 1.29 is 10.2 Å². The number of aliphatic hydroxyl groups excluding tert-OH is 2. The molecule has 3 fully saturated rings. The Morgan fingerprint density at radius 3 is 2.64 bits per heavy atom. The molecule has 0 spiro atoms. The van der Waals surface area contributed by atoms with Crippen LogP contribution in [0, 0.1) is 23.2 Å². The van der Waals surface area contributed by atoms with Gasteiger partial charge in [0, 0.05) is 0 Å². The second kappa shape index (κ2) is 7.40. The summed E-state index contributed by atoms with van der Waals surface area (Å²) in [5.41, 5.74) is 4.37. The molecule has 0 bridgehead atoms. The van der Waals surface area contributed by atoms with E-state index >= 15 is 0 Å². The zero-order valence-corrected chi connectivity index (χ0v) is 16.3. The van der Waals surface area contributed by atoms with Gasteiger partial charge in [0.05, 0.1) is 12.2 Å². The molecule has 0 aromatic heterocycles. The molecule has 0 aromatic carbocycles. The molecule has 0 aliphatic heterocycles. The fourth-order valence-electron chi connectivity index (χ4n) is 5.87. The molecule has 6 atom stereocenters. The third-order valence-electron chi connectivity index (χ3n) is 7.62. The Morgan fingerprint density at radius 1 is 1.16 bits per heavy atom. The summed E-state index contributed by atoms with van der Waals surface area (Å²) in [6.45, 7) is 10.8. The summed E-state index contributed by atoms with van der Waals surface area (Å²) < 4.78 is 0. The van der Waals surface area contributed by atoms with Crippen LogP contribution in [0.1, 0.15) is 72.1 Å². The molecule has 25 heavy (non-hydrogen) atoms. The van der Waals surface area contributed by atoms with Crippen molar-refractivity contribution in [3.8, 4) is 0 Å². The smallest absolute Gasteiger partial charge is 0.0583 e. The van der Waals surface area contributed by atoms with Gasteiger partial charge in [-0.3, -0.25) is 0 Å². The van der Waals surface area contributed by atoms with E-state index in [4.69, 9.17) is 0 Å². The lowest BCUT2D eigenvalue weighted by Gasteiger charge is -2.45. The van der Waals surface area contributed by atoms with Gasteiger partial charge in [-0.15, -0.1) is 0 Å². The van der Waals surface area contributed by atoms with Gasteiger partial charge in [-0.05, 0) is 87.0 Å². The van der Waals surface area contributed by atoms with Crippen molar-refractivity contribution in [3.05, 3.63) is 35.5 Å².